The molecule has 3 atom stereocenters. The molecular formula is C18H17ClF4N2. The zero-order valence-corrected chi connectivity index (χ0v) is 14.0. The number of halogens is 5. The zero-order chi connectivity index (χ0) is 16.9. The van der Waals surface area contributed by atoms with Gasteiger partial charge in [-0.2, -0.15) is 17.6 Å². The predicted octanol–water partition coefficient (Wildman–Crippen LogP) is 4.94. The maximum atomic E-state index is 14.1. The van der Waals surface area contributed by atoms with E-state index < -0.39 is 17.7 Å². The van der Waals surface area contributed by atoms with Gasteiger partial charge in [0.1, 0.15) is 0 Å². The lowest BCUT2D eigenvalue weighted by Gasteiger charge is -2.21. The van der Waals surface area contributed by atoms with Crippen molar-refractivity contribution in [2.75, 3.05) is 0 Å². The van der Waals surface area contributed by atoms with E-state index in [1.807, 2.05) is 0 Å². The molecule has 2 aliphatic rings. The van der Waals surface area contributed by atoms with Crippen LogP contribution in [0.5, 0.6) is 0 Å². The van der Waals surface area contributed by atoms with Gasteiger partial charge in [0.05, 0.1) is 5.56 Å². The average molecular weight is 373 g/mol. The minimum Gasteiger partial charge on any atom is -0.311 e. The smallest absolute Gasteiger partial charge is 0.311 e. The van der Waals surface area contributed by atoms with E-state index in [9.17, 15) is 17.6 Å². The molecule has 0 amide bonds. The summed E-state index contributed by atoms with van der Waals surface area (Å²) in [5.74, 6) is -0.361. The SMILES string of the molecule is Cl.Fc1ncc(C2C[C@@H]3CC[C@H]2N3)cc1-c1ccc(C(F)(F)F)cc1. The van der Waals surface area contributed by atoms with E-state index in [1.54, 1.807) is 12.3 Å². The summed E-state index contributed by atoms with van der Waals surface area (Å²) in [7, 11) is 0. The Bertz CT molecular complexity index is 761. The van der Waals surface area contributed by atoms with Gasteiger partial charge in [0, 0.05) is 29.8 Å². The highest BCUT2D eigenvalue weighted by Gasteiger charge is 2.40. The molecule has 2 fully saturated rings. The third-order valence-corrected chi connectivity index (χ3v) is 5.11. The van der Waals surface area contributed by atoms with Crippen molar-refractivity contribution in [3.63, 3.8) is 0 Å². The Labute approximate surface area is 149 Å². The second-order valence-electron chi connectivity index (χ2n) is 6.57. The van der Waals surface area contributed by atoms with Crippen LogP contribution < -0.4 is 5.32 Å². The third-order valence-electron chi connectivity index (χ3n) is 5.11. The summed E-state index contributed by atoms with van der Waals surface area (Å²) in [4.78, 5) is 3.84. The van der Waals surface area contributed by atoms with Crippen LogP contribution in [0.1, 0.15) is 36.3 Å². The monoisotopic (exact) mass is 372 g/mol. The number of aromatic nitrogens is 1. The molecular weight excluding hydrogens is 356 g/mol. The number of nitrogens with one attached hydrogen (secondary N) is 1. The maximum absolute atomic E-state index is 14.1. The molecule has 3 heterocycles. The Hall–Kier alpha value is -1.66. The number of fused-ring (bicyclic) bond motifs is 2. The number of benzene rings is 1. The number of rotatable bonds is 2. The fourth-order valence-corrected chi connectivity index (χ4v) is 3.90. The standard InChI is InChI=1S/C18H16F4N2.ClH/c19-17-15(10-1-3-12(4-2-10)18(20,21)22)7-11(9-23-17)14-8-13-5-6-16(14)24-13;/h1-4,7,9,13-14,16,24H,5-6,8H2;1H/t13-,14?,16+;/m0./s1. The molecule has 0 radical (unpaired) electrons. The Morgan fingerprint density at radius 2 is 1.80 bits per heavy atom. The molecule has 4 rings (SSSR count). The molecule has 2 nitrogen and oxygen atoms in total. The largest absolute Gasteiger partial charge is 0.416 e. The van der Waals surface area contributed by atoms with Crippen LogP contribution in [0, 0.1) is 5.95 Å². The topological polar surface area (TPSA) is 24.9 Å². The van der Waals surface area contributed by atoms with Crippen LogP contribution in [0.2, 0.25) is 0 Å². The van der Waals surface area contributed by atoms with Crippen molar-refractivity contribution in [3.8, 4) is 11.1 Å². The molecule has 0 spiro atoms. The quantitative estimate of drug-likeness (QED) is 0.597. The van der Waals surface area contributed by atoms with Gasteiger partial charge in [0.25, 0.3) is 0 Å². The molecule has 2 aromatic rings. The zero-order valence-electron chi connectivity index (χ0n) is 13.2. The van der Waals surface area contributed by atoms with Gasteiger partial charge in [-0.15, -0.1) is 12.4 Å². The first kappa shape index (κ1) is 18.1. The molecule has 134 valence electrons. The summed E-state index contributed by atoms with van der Waals surface area (Å²) >= 11 is 0. The van der Waals surface area contributed by atoms with E-state index >= 15 is 0 Å². The van der Waals surface area contributed by atoms with E-state index in [0.717, 1.165) is 30.5 Å². The van der Waals surface area contributed by atoms with E-state index in [-0.39, 0.29) is 18.0 Å². The molecule has 1 N–H and O–H groups in total. The molecule has 2 aliphatic heterocycles. The van der Waals surface area contributed by atoms with Crippen molar-refractivity contribution in [1.29, 1.82) is 0 Å². The van der Waals surface area contributed by atoms with Crippen LogP contribution in [0.4, 0.5) is 17.6 Å². The molecule has 2 bridgehead atoms. The van der Waals surface area contributed by atoms with Gasteiger partial charge in [-0.25, -0.2) is 4.98 Å². The molecule has 0 saturated carbocycles. The Morgan fingerprint density at radius 1 is 1.08 bits per heavy atom. The van der Waals surface area contributed by atoms with Crippen LogP contribution in [0.3, 0.4) is 0 Å². The summed E-state index contributed by atoms with van der Waals surface area (Å²) in [6.07, 6.45) is 0.427. The average Bonchev–Trinajstić information content (AvgIpc) is 3.18. The van der Waals surface area contributed by atoms with Crippen molar-refractivity contribution < 1.29 is 17.6 Å². The fourth-order valence-electron chi connectivity index (χ4n) is 3.90. The third kappa shape index (κ3) is 3.37. The highest BCUT2D eigenvalue weighted by molar-refractivity contribution is 5.85. The number of nitrogens with zero attached hydrogens (tertiary/aromatic N) is 1. The van der Waals surface area contributed by atoms with Crippen LogP contribution in [0.25, 0.3) is 11.1 Å². The minimum absolute atomic E-state index is 0. The molecule has 1 aromatic heterocycles. The molecule has 25 heavy (non-hydrogen) atoms. The van der Waals surface area contributed by atoms with Crippen LogP contribution >= 0.6 is 12.4 Å². The molecule has 1 unspecified atom stereocenters. The number of pyridine rings is 1. The van der Waals surface area contributed by atoms with Crippen LogP contribution in [-0.2, 0) is 6.18 Å². The van der Waals surface area contributed by atoms with Crippen LogP contribution in [0.15, 0.2) is 36.5 Å². The van der Waals surface area contributed by atoms with Gasteiger partial charge in [-0.1, -0.05) is 12.1 Å². The second kappa shape index (κ2) is 6.57. The normalized spacial score (nSPS) is 25.0. The van der Waals surface area contributed by atoms with E-state index in [4.69, 9.17) is 0 Å². The molecule has 2 saturated heterocycles. The Kier molecular flexibility index (Phi) is 4.77. The highest BCUT2D eigenvalue weighted by Crippen LogP contribution is 2.41. The first-order valence-electron chi connectivity index (χ1n) is 8.01. The minimum atomic E-state index is -4.40. The lowest BCUT2D eigenvalue weighted by Crippen LogP contribution is -2.21. The number of alkyl halides is 3. The number of hydrogen-bond acceptors (Lipinski definition) is 2. The fraction of sp³-hybridized carbons (Fsp3) is 0.389. The first-order chi connectivity index (χ1) is 11.4. The first-order valence-corrected chi connectivity index (χ1v) is 8.01. The summed E-state index contributed by atoms with van der Waals surface area (Å²) in [5, 5.41) is 3.53. The van der Waals surface area contributed by atoms with E-state index in [1.165, 1.54) is 18.6 Å². The summed E-state index contributed by atoms with van der Waals surface area (Å²) in [6.45, 7) is 0. The second-order valence-corrected chi connectivity index (χ2v) is 6.57. The van der Waals surface area contributed by atoms with Crippen LogP contribution in [-0.4, -0.2) is 17.1 Å². The van der Waals surface area contributed by atoms with E-state index in [2.05, 4.69) is 10.3 Å². The van der Waals surface area contributed by atoms with Gasteiger partial charge < -0.3 is 5.32 Å². The molecule has 7 heteroatoms. The van der Waals surface area contributed by atoms with Crippen molar-refractivity contribution in [2.24, 2.45) is 0 Å². The van der Waals surface area contributed by atoms with Gasteiger partial charge >= 0.3 is 6.18 Å². The van der Waals surface area contributed by atoms with Gasteiger partial charge in [-0.05, 0) is 48.6 Å². The van der Waals surface area contributed by atoms with Crippen molar-refractivity contribution in [1.82, 2.24) is 10.3 Å². The maximum Gasteiger partial charge on any atom is 0.416 e. The molecule has 0 aliphatic carbocycles. The van der Waals surface area contributed by atoms with Gasteiger partial charge in [-0.3, -0.25) is 0 Å². The molecule has 1 aromatic carbocycles. The van der Waals surface area contributed by atoms with Gasteiger partial charge in [0.2, 0.25) is 5.95 Å². The van der Waals surface area contributed by atoms with Crippen molar-refractivity contribution in [3.05, 3.63) is 53.6 Å². The lowest BCUT2D eigenvalue weighted by atomic mass is 9.84. The predicted molar refractivity (Wildman–Crippen MR) is 89.2 cm³/mol. The Balaban J connectivity index is 0.00000182. The Morgan fingerprint density at radius 3 is 2.36 bits per heavy atom. The summed E-state index contributed by atoms with van der Waals surface area (Å²) in [5.41, 5.74) is 0.869. The van der Waals surface area contributed by atoms with E-state index in [0.29, 0.717) is 23.6 Å². The lowest BCUT2D eigenvalue weighted by molar-refractivity contribution is -0.137. The highest BCUT2D eigenvalue weighted by atomic mass is 35.5. The number of hydrogen-bond donors (Lipinski definition) is 1. The van der Waals surface area contributed by atoms with Crippen molar-refractivity contribution >= 4 is 12.4 Å². The summed E-state index contributed by atoms with van der Waals surface area (Å²) < 4.78 is 52.1. The van der Waals surface area contributed by atoms with Crippen molar-refractivity contribution in [2.45, 2.75) is 43.4 Å². The van der Waals surface area contributed by atoms with Gasteiger partial charge in [0.15, 0.2) is 0 Å². The summed E-state index contributed by atoms with van der Waals surface area (Å²) in [6, 6.07) is 7.18.